The van der Waals surface area contributed by atoms with E-state index in [1.54, 1.807) is 0 Å². The number of hydrogen-bond acceptors (Lipinski definition) is 5. The van der Waals surface area contributed by atoms with Gasteiger partial charge < -0.3 is 10.0 Å². The van der Waals surface area contributed by atoms with Gasteiger partial charge in [0.05, 0.1) is 6.54 Å². The van der Waals surface area contributed by atoms with Crippen LogP contribution in [0.3, 0.4) is 0 Å². The van der Waals surface area contributed by atoms with E-state index in [0.717, 1.165) is 6.07 Å². The van der Waals surface area contributed by atoms with Crippen LogP contribution in [0.1, 0.15) is 11.1 Å². The molecule has 0 amide bonds. The maximum atomic E-state index is 13.0. The van der Waals surface area contributed by atoms with Gasteiger partial charge in [0, 0.05) is 4.91 Å². The molecule has 96 valence electrons. The molecule has 0 spiro atoms. The molecule has 2 N–H and O–H groups in total. The number of benzene rings is 1. The van der Waals surface area contributed by atoms with E-state index in [1.807, 2.05) is 0 Å². The molecular weight excluding hydrogens is 264 g/mol. The molecule has 0 aliphatic rings. The average molecular weight is 273 g/mol. The van der Waals surface area contributed by atoms with E-state index in [2.05, 4.69) is 10.0 Å². The minimum atomic E-state index is -4.99. The first-order chi connectivity index (χ1) is 8.27. The molecule has 1 aromatic rings. The third-order valence-corrected chi connectivity index (χ3v) is 3.30. The first-order valence-electron chi connectivity index (χ1n) is 4.72. The van der Waals surface area contributed by atoms with E-state index >= 15 is 0 Å². The molecule has 0 saturated heterocycles. The SMILES string of the molecule is Cc1c(CN=[N+]=[N-])cc(B(O)O)cc1S(=O)(=O)F. The normalized spacial score (nSPS) is 10.9. The third kappa shape index (κ3) is 3.20. The Morgan fingerprint density at radius 1 is 1.50 bits per heavy atom. The van der Waals surface area contributed by atoms with E-state index in [0.29, 0.717) is 0 Å². The van der Waals surface area contributed by atoms with Gasteiger partial charge in [-0.3, -0.25) is 0 Å². The molecule has 0 aromatic heterocycles. The van der Waals surface area contributed by atoms with Crippen molar-refractivity contribution in [3.63, 3.8) is 0 Å². The van der Waals surface area contributed by atoms with Crippen LogP contribution in [0.4, 0.5) is 3.89 Å². The van der Waals surface area contributed by atoms with Gasteiger partial charge in [-0.25, -0.2) is 0 Å². The summed E-state index contributed by atoms with van der Waals surface area (Å²) in [7, 11) is -6.94. The topological polar surface area (TPSA) is 123 Å². The molecule has 10 heteroatoms. The standard InChI is InChI=1S/C8H9BFN3O4S/c1-5-6(4-12-13-11)2-7(9(14)15)3-8(5)18(10,16)17/h2-3,14-15H,4H2,1H3. The number of hydrogen-bond donors (Lipinski definition) is 2. The summed E-state index contributed by atoms with van der Waals surface area (Å²) >= 11 is 0. The minimum Gasteiger partial charge on any atom is -0.423 e. The lowest BCUT2D eigenvalue weighted by Gasteiger charge is -2.10. The summed E-state index contributed by atoms with van der Waals surface area (Å²) in [5.41, 5.74) is 8.27. The second kappa shape index (κ2) is 5.36. The molecule has 18 heavy (non-hydrogen) atoms. The van der Waals surface area contributed by atoms with Crippen LogP contribution in [-0.2, 0) is 16.8 Å². The number of azide groups is 1. The van der Waals surface area contributed by atoms with Crippen molar-refractivity contribution in [2.75, 3.05) is 0 Å². The van der Waals surface area contributed by atoms with E-state index in [4.69, 9.17) is 15.6 Å². The number of halogens is 1. The molecule has 1 aromatic carbocycles. The Kier molecular flexibility index (Phi) is 4.30. The molecule has 0 unspecified atom stereocenters. The van der Waals surface area contributed by atoms with Crippen LogP contribution in [0.5, 0.6) is 0 Å². The second-order valence-corrected chi connectivity index (χ2v) is 4.82. The average Bonchev–Trinajstić information content (AvgIpc) is 2.25. The van der Waals surface area contributed by atoms with Crippen molar-refractivity contribution < 1.29 is 22.4 Å². The molecule has 7 nitrogen and oxygen atoms in total. The molecule has 0 radical (unpaired) electrons. The second-order valence-electron chi connectivity index (χ2n) is 3.50. The van der Waals surface area contributed by atoms with E-state index in [9.17, 15) is 12.3 Å². The molecule has 0 heterocycles. The van der Waals surface area contributed by atoms with Crippen molar-refractivity contribution >= 4 is 22.8 Å². The van der Waals surface area contributed by atoms with Crippen LogP contribution in [0, 0.1) is 6.92 Å². The van der Waals surface area contributed by atoms with Gasteiger partial charge in [0.2, 0.25) is 0 Å². The first kappa shape index (κ1) is 14.5. The molecule has 0 atom stereocenters. The van der Waals surface area contributed by atoms with Crippen molar-refractivity contribution in [1.29, 1.82) is 0 Å². The van der Waals surface area contributed by atoms with E-state index in [1.165, 1.54) is 13.0 Å². The predicted molar refractivity (Wildman–Crippen MR) is 62.1 cm³/mol. The zero-order valence-electron chi connectivity index (χ0n) is 9.28. The number of rotatable bonds is 4. The van der Waals surface area contributed by atoms with Crippen molar-refractivity contribution in [3.05, 3.63) is 33.7 Å². The highest BCUT2D eigenvalue weighted by molar-refractivity contribution is 7.86. The van der Waals surface area contributed by atoms with Gasteiger partial charge in [-0.05, 0) is 35.1 Å². The summed E-state index contributed by atoms with van der Waals surface area (Å²) in [6, 6.07) is 2.07. The highest BCUT2D eigenvalue weighted by Gasteiger charge is 2.22. The minimum absolute atomic E-state index is 0.0642. The Hall–Kier alpha value is -1.61. The van der Waals surface area contributed by atoms with Crippen molar-refractivity contribution in [3.8, 4) is 0 Å². The molecule has 0 bridgehead atoms. The Morgan fingerprint density at radius 2 is 2.11 bits per heavy atom. The Balaban J connectivity index is 3.52. The van der Waals surface area contributed by atoms with Crippen molar-refractivity contribution in [2.24, 2.45) is 5.11 Å². The van der Waals surface area contributed by atoms with Gasteiger partial charge in [-0.15, -0.1) is 3.89 Å². The lowest BCUT2D eigenvalue weighted by Crippen LogP contribution is -2.31. The Labute approximate surface area is 103 Å². The zero-order chi connectivity index (χ0) is 13.9. The molecule has 0 aliphatic heterocycles. The summed E-state index contributed by atoms with van der Waals surface area (Å²) in [4.78, 5) is 1.83. The lowest BCUT2D eigenvalue weighted by atomic mass is 9.79. The summed E-state index contributed by atoms with van der Waals surface area (Å²) in [5.74, 6) is 0. The highest BCUT2D eigenvalue weighted by atomic mass is 32.3. The zero-order valence-corrected chi connectivity index (χ0v) is 10.1. The molecule has 0 fully saturated rings. The van der Waals surface area contributed by atoms with Gasteiger partial charge in [0.15, 0.2) is 0 Å². The first-order valence-corrected chi connectivity index (χ1v) is 6.10. The van der Waals surface area contributed by atoms with Crippen LogP contribution in [0.25, 0.3) is 10.4 Å². The molecule has 0 saturated carbocycles. The van der Waals surface area contributed by atoms with Gasteiger partial charge in [0.1, 0.15) is 4.90 Å². The van der Waals surface area contributed by atoms with Crippen LogP contribution >= 0.6 is 0 Å². The van der Waals surface area contributed by atoms with Crippen LogP contribution in [-0.4, -0.2) is 25.6 Å². The van der Waals surface area contributed by atoms with E-state index in [-0.39, 0.29) is 23.1 Å². The van der Waals surface area contributed by atoms with Gasteiger partial charge >= 0.3 is 17.3 Å². The van der Waals surface area contributed by atoms with Crippen LogP contribution in [0.15, 0.2) is 22.1 Å². The summed E-state index contributed by atoms with van der Waals surface area (Å²) < 4.78 is 34.9. The third-order valence-electron chi connectivity index (χ3n) is 2.36. The summed E-state index contributed by atoms with van der Waals surface area (Å²) in [5, 5.41) is 21.2. The lowest BCUT2D eigenvalue weighted by molar-refractivity contribution is 0.425. The molecule has 0 aliphatic carbocycles. The monoisotopic (exact) mass is 273 g/mol. The Morgan fingerprint density at radius 3 is 2.56 bits per heavy atom. The summed E-state index contributed by atoms with van der Waals surface area (Å²) in [6.07, 6.45) is 0. The van der Waals surface area contributed by atoms with Gasteiger partial charge in [-0.1, -0.05) is 11.2 Å². The van der Waals surface area contributed by atoms with Crippen LogP contribution in [0.2, 0.25) is 0 Å². The fourth-order valence-electron chi connectivity index (χ4n) is 1.44. The fraction of sp³-hybridized carbons (Fsp3) is 0.250. The largest absolute Gasteiger partial charge is 0.488 e. The fourth-order valence-corrected chi connectivity index (χ4v) is 2.22. The maximum Gasteiger partial charge on any atom is 0.488 e. The van der Waals surface area contributed by atoms with Crippen molar-refractivity contribution in [1.82, 2.24) is 0 Å². The maximum absolute atomic E-state index is 13.0. The predicted octanol–water partition coefficient (Wildman–Crippen LogP) is 0.143. The molecular formula is C8H9BFN3O4S. The van der Waals surface area contributed by atoms with Gasteiger partial charge in [-0.2, -0.15) is 8.42 Å². The number of nitrogens with zero attached hydrogens (tertiary/aromatic N) is 3. The van der Waals surface area contributed by atoms with E-state index < -0.39 is 22.2 Å². The van der Waals surface area contributed by atoms with Gasteiger partial charge in [0.25, 0.3) is 0 Å². The quantitative estimate of drug-likeness (QED) is 0.266. The summed E-state index contributed by atoms with van der Waals surface area (Å²) in [6.45, 7) is 1.12. The smallest absolute Gasteiger partial charge is 0.423 e. The van der Waals surface area contributed by atoms with Crippen molar-refractivity contribution in [2.45, 2.75) is 18.4 Å². The Bertz CT molecular complexity index is 613. The van der Waals surface area contributed by atoms with Crippen LogP contribution < -0.4 is 5.46 Å². The molecule has 1 rings (SSSR count). The highest BCUT2D eigenvalue weighted by Crippen LogP contribution is 2.20.